The lowest BCUT2D eigenvalue weighted by atomic mass is 10.4. The summed E-state index contributed by atoms with van der Waals surface area (Å²) >= 11 is 3.15. The first-order valence-corrected chi connectivity index (χ1v) is 6.66. The molecule has 0 saturated carbocycles. The average molecular weight is 246 g/mol. The molecule has 0 aliphatic carbocycles. The number of hydrogen-bond donors (Lipinski definition) is 2. The summed E-state index contributed by atoms with van der Waals surface area (Å²) in [4.78, 5) is 14.8. The summed E-state index contributed by atoms with van der Waals surface area (Å²) in [5, 5.41) is 11.7. The zero-order chi connectivity index (χ0) is 11.3. The highest BCUT2D eigenvalue weighted by Crippen LogP contribution is 2.16. The second-order valence-corrected chi connectivity index (χ2v) is 5.02. The number of aromatic nitrogens is 1. The number of carboxylic acid groups (broad SMARTS) is 1. The summed E-state index contributed by atoms with van der Waals surface area (Å²) in [5.41, 5.74) is 6.39. The van der Waals surface area contributed by atoms with Crippen molar-refractivity contribution in [3.05, 3.63) is 16.1 Å². The number of rotatable bonds is 6. The lowest BCUT2D eigenvalue weighted by Gasteiger charge is -2.03. The van der Waals surface area contributed by atoms with Gasteiger partial charge in [0.25, 0.3) is 0 Å². The van der Waals surface area contributed by atoms with Gasteiger partial charge in [0.05, 0.1) is 10.7 Å². The van der Waals surface area contributed by atoms with Gasteiger partial charge in [0.1, 0.15) is 6.04 Å². The Labute approximate surface area is 96.9 Å². The molecule has 15 heavy (non-hydrogen) atoms. The summed E-state index contributed by atoms with van der Waals surface area (Å²) in [6.07, 6.45) is 0.948. The third-order valence-electron chi connectivity index (χ3n) is 1.77. The first-order valence-electron chi connectivity index (χ1n) is 4.63. The molecule has 0 amide bonds. The second kappa shape index (κ2) is 6.09. The molecule has 1 aromatic rings. The van der Waals surface area contributed by atoms with E-state index in [4.69, 9.17) is 10.8 Å². The Morgan fingerprint density at radius 2 is 2.53 bits per heavy atom. The van der Waals surface area contributed by atoms with E-state index in [2.05, 4.69) is 11.9 Å². The molecule has 0 aliphatic heterocycles. The van der Waals surface area contributed by atoms with E-state index in [1.54, 1.807) is 11.3 Å². The fourth-order valence-electron chi connectivity index (χ4n) is 0.939. The first kappa shape index (κ1) is 12.5. The molecule has 1 rings (SSSR count). The van der Waals surface area contributed by atoms with E-state index in [9.17, 15) is 4.79 Å². The maximum absolute atomic E-state index is 10.4. The Bertz CT molecular complexity index is 328. The van der Waals surface area contributed by atoms with Gasteiger partial charge < -0.3 is 10.8 Å². The van der Waals surface area contributed by atoms with Gasteiger partial charge in [0.15, 0.2) is 0 Å². The van der Waals surface area contributed by atoms with Crippen LogP contribution in [0.25, 0.3) is 0 Å². The normalized spacial score (nSPS) is 12.7. The van der Waals surface area contributed by atoms with Crippen LogP contribution in [0.2, 0.25) is 0 Å². The molecule has 1 atom stereocenters. The smallest absolute Gasteiger partial charge is 0.321 e. The van der Waals surface area contributed by atoms with Crippen molar-refractivity contribution in [3.63, 3.8) is 0 Å². The second-order valence-electron chi connectivity index (χ2n) is 3.05. The Morgan fingerprint density at radius 1 is 1.80 bits per heavy atom. The van der Waals surface area contributed by atoms with Crippen molar-refractivity contribution in [2.75, 3.05) is 5.75 Å². The van der Waals surface area contributed by atoms with Gasteiger partial charge in [-0.1, -0.05) is 6.92 Å². The molecule has 3 N–H and O–H groups in total. The minimum absolute atomic E-state index is 0.425. The summed E-state index contributed by atoms with van der Waals surface area (Å²) < 4.78 is 0. The molecule has 0 saturated heterocycles. The highest BCUT2D eigenvalue weighted by Gasteiger charge is 2.11. The van der Waals surface area contributed by atoms with E-state index >= 15 is 0 Å². The van der Waals surface area contributed by atoms with Crippen molar-refractivity contribution in [3.8, 4) is 0 Å². The van der Waals surface area contributed by atoms with Crippen LogP contribution in [0.4, 0.5) is 0 Å². The van der Waals surface area contributed by atoms with Crippen LogP contribution in [0.5, 0.6) is 0 Å². The minimum atomic E-state index is -0.949. The van der Waals surface area contributed by atoms with E-state index in [1.807, 2.05) is 5.38 Å². The Morgan fingerprint density at radius 3 is 3.07 bits per heavy atom. The van der Waals surface area contributed by atoms with E-state index in [0.29, 0.717) is 5.75 Å². The Kier molecular flexibility index (Phi) is 5.07. The SMILES string of the molecule is CCc1nc(CSCC(N)C(=O)O)cs1. The third kappa shape index (κ3) is 4.19. The molecular formula is C9H14N2O2S2. The van der Waals surface area contributed by atoms with E-state index in [1.165, 1.54) is 11.8 Å². The molecule has 1 unspecified atom stereocenters. The number of thiazole rings is 1. The maximum Gasteiger partial charge on any atom is 0.321 e. The fraction of sp³-hybridized carbons (Fsp3) is 0.556. The van der Waals surface area contributed by atoms with Crippen molar-refractivity contribution in [2.45, 2.75) is 25.1 Å². The number of carboxylic acids is 1. The first-order chi connectivity index (χ1) is 7.13. The molecule has 0 spiro atoms. The number of aliphatic carboxylic acids is 1. The monoisotopic (exact) mass is 246 g/mol. The quantitative estimate of drug-likeness (QED) is 0.792. The van der Waals surface area contributed by atoms with Crippen LogP contribution >= 0.6 is 23.1 Å². The third-order valence-corrected chi connectivity index (χ3v) is 3.90. The summed E-state index contributed by atoms with van der Waals surface area (Å²) in [5.74, 6) is 0.209. The fourth-order valence-corrected chi connectivity index (χ4v) is 2.66. The van der Waals surface area contributed by atoms with Gasteiger partial charge >= 0.3 is 5.97 Å². The van der Waals surface area contributed by atoms with Crippen LogP contribution in [0.15, 0.2) is 5.38 Å². The van der Waals surface area contributed by atoms with E-state index in [-0.39, 0.29) is 0 Å². The highest BCUT2D eigenvalue weighted by atomic mass is 32.2. The molecule has 0 fully saturated rings. The van der Waals surface area contributed by atoms with Crippen LogP contribution in [0, 0.1) is 0 Å². The van der Waals surface area contributed by atoms with Gasteiger partial charge in [-0.3, -0.25) is 4.79 Å². The average Bonchev–Trinajstić information content (AvgIpc) is 2.65. The van der Waals surface area contributed by atoms with Gasteiger partial charge in [0.2, 0.25) is 0 Å². The predicted octanol–water partition coefficient (Wildman–Crippen LogP) is 1.35. The lowest BCUT2D eigenvalue weighted by molar-refractivity contribution is -0.137. The molecule has 0 aliphatic rings. The van der Waals surface area contributed by atoms with Gasteiger partial charge in [0, 0.05) is 16.9 Å². The topological polar surface area (TPSA) is 76.2 Å². The molecule has 0 aromatic carbocycles. The van der Waals surface area contributed by atoms with E-state index < -0.39 is 12.0 Å². The van der Waals surface area contributed by atoms with Crippen LogP contribution in [-0.2, 0) is 17.0 Å². The van der Waals surface area contributed by atoms with Crippen molar-refractivity contribution in [2.24, 2.45) is 5.73 Å². The zero-order valence-corrected chi connectivity index (χ0v) is 10.1. The Hall–Kier alpha value is -0.590. The van der Waals surface area contributed by atoms with Gasteiger partial charge in [-0.05, 0) is 6.42 Å². The molecule has 6 heteroatoms. The van der Waals surface area contributed by atoms with Crippen LogP contribution in [0.3, 0.4) is 0 Å². The van der Waals surface area contributed by atoms with Crippen molar-refractivity contribution >= 4 is 29.1 Å². The van der Waals surface area contributed by atoms with Crippen LogP contribution < -0.4 is 5.73 Å². The van der Waals surface area contributed by atoms with Gasteiger partial charge in [-0.15, -0.1) is 11.3 Å². The van der Waals surface area contributed by atoms with Gasteiger partial charge in [-0.2, -0.15) is 11.8 Å². The van der Waals surface area contributed by atoms with E-state index in [0.717, 1.165) is 22.9 Å². The number of nitrogens with two attached hydrogens (primary N) is 1. The molecule has 1 heterocycles. The predicted molar refractivity (Wildman–Crippen MR) is 63.3 cm³/mol. The molecule has 1 aromatic heterocycles. The number of nitrogens with zero attached hydrogens (tertiary/aromatic N) is 1. The minimum Gasteiger partial charge on any atom is -0.480 e. The van der Waals surface area contributed by atoms with Crippen molar-refractivity contribution < 1.29 is 9.90 Å². The standard InChI is InChI=1S/C9H14N2O2S2/c1-2-8-11-6(4-15-8)3-14-5-7(10)9(12)13/h4,7H,2-3,5,10H2,1H3,(H,12,13). The largest absolute Gasteiger partial charge is 0.480 e. The molecular weight excluding hydrogens is 232 g/mol. The summed E-state index contributed by atoms with van der Waals surface area (Å²) in [6, 6.07) is -0.778. The molecule has 4 nitrogen and oxygen atoms in total. The van der Waals surface area contributed by atoms with Crippen molar-refractivity contribution in [1.29, 1.82) is 0 Å². The summed E-state index contributed by atoms with van der Waals surface area (Å²) in [6.45, 7) is 2.07. The molecule has 0 bridgehead atoms. The highest BCUT2D eigenvalue weighted by molar-refractivity contribution is 7.98. The Balaban J connectivity index is 2.28. The molecule has 84 valence electrons. The summed E-state index contributed by atoms with van der Waals surface area (Å²) in [7, 11) is 0. The zero-order valence-electron chi connectivity index (χ0n) is 8.47. The van der Waals surface area contributed by atoms with Crippen molar-refractivity contribution in [1.82, 2.24) is 4.98 Å². The number of aryl methyl sites for hydroxylation is 1. The van der Waals surface area contributed by atoms with Crippen LogP contribution in [0.1, 0.15) is 17.6 Å². The lowest BCUT2D eigenvalue weighted by Crippen LogP contribution is -2.32. The number of hydrogen-bond acceptors (Lipinski definition) is 5. The van der Waals surface area contributed by atoms with Crippen LogP contribution in [-0.4, -0.2) is 27.9 Å². The van der Waals surface area contributed by atoms with Gasteiger partial charge in [-0.25, -0.2) is 4.98 Å². The maximum atomic E-state index is 10.4. The number of thioether (sulfide) groups is 1. The molecule has 0 radical (unpaired) electrons. The number of carbonyl (C=O) groups is 1.